The van der Waals surface area contributed by atoms with Crippen LogP contribution in [0.25, 0.3) is 0 Å². The highest BCUT2D eigenvalue weighted by atomic mass is 35.5. The smallest absolute Gasteiger partial charge is 0.124 e. The highest BCUT2D eigenvalue weighted by Gasteiger charge is 2.28. The van der Waals surface area contributed by atoms with Crippen molar-refractivity contribution in [3.05, 3.63) is 34.6 Å². The largest absolute Gasteiger partial charge is 0.299 e. The molecule has 3 rings (SSSR count). The third-order valence-electron chi connectivity index (χ3n) is 4.30. The molecule has 0 aromatic heterocycles. The molecule has 2 saturated heterocycles. The average molecular weight is 283 g/mol. The van der Waals surface area contributed by atoms with Crippen molar-refractivity contribution in [1.82, 2.24) is 9.80 Å². The Morgan fingerprint density at radius 1 is 1.21 bits per heavy atom. The van der Waals surface area contributed by atoms with Gasteiger partial charge in [0.2, 0.25) is 0 Å². The summed E-state index contributed by atoms with van der Waals surface area (Å²) >= 11 is 6.12. The van der Waals surface area contributed by atoms with Gasteiger partial charge in [-0.1, -0.05) is 17.7 Å². The van der Waals surface area contributed by atoms with Gasteiger partial charge in [0.1, 0.15) is 5.82 Å². The van der Waals surface area contributed by atoms with Crippen LogP contribution in [-0.4, -0.2) is 42.0 Å². The van der Waals surface area contributed by atoms with E-state index in [1.54, 1.807) is 0 Å². The Kier molecular flexibility index (Phi) is 4.06. The third kappa shape index (κ3) is 3.10. The Balaban J connectivity index is 1.68. The van der Waals surface area contributed by atoms with E-state index in [4.69, 9.17) is 11.6 Å². The Morgan fingerprint density at radius 3 is 2.89 bits per heavy atom. The molecule has 1 aromatic carbocycles. The molecule has 0 amide bonds. The molecule has 0 bridgehead atoms. The van der Waals surface area contributed by atoms with Gasteiger partial charge in [-0.2, -0.15) is 0 Å². The number of halogens is 2. The average Bonchev–Trinajstić information content (AvgIpc) is 2.72. The zero-order valence-electron chi connectivity index (χ0n) is 11.1. The molecule has 1 aromatic rings. The van der Waals surface area contributed by atoms with Gasteiger partial charge < -0.3 is 0 Å². The lowest BCUT2D eigenvalue weighted by Crippen LogP contribution is -2.36. The van der Waals surface area contributed by atoms with Crippen molar-refractivity contribution in [2.24, 2.45) is 0 Å². The van der Waals surface area contributed by atoms with Crippen molar-refractivity contribution in [2.45, 2.75) is 31.8 Å². The van der Waals surface area contributed by atoms with Gasteiger partial charge in [-0.25, -0.2) is 4.39 Å². The summed E-state index contributed by atoms with van der Waals surface area (Å²) in [5, 5.41) is 0.549. The first kappa shape index (κ1) is 13.3. The molecule has 2 aliphatic heterocycles. The first-order valence-electron chi connectivity index (χ1n) is 7.13. The van der Waals surface area contributed by atoms with Crippen LogP contribution in [0.3, 0.4) is 0 Å². The van der Waals surface area contributed by atoms with Gasteiger partial charge in [0.05, 0.1) is 0 Å². The van der Waals surface area contributed by atoms with Crippen LogP contribution in [0.1, 0.15) is 24.8 Å². The van der Waals surface area contributed by atoms with E-state index in [-0.39, 0.29) is 5.82 Å². The lowest BCUT2D eigenvalue weighted by Gasteiger charge is -2.25. The van der Waals surface area contributed by atoms with Crippen molar-refractivity contribution in [3.63, 3.8) is 0 Å². The van der Waals surface area contributed by atoms with Gasteiger partial charge in [-0.3, -0.25) is 9.80 Å². The van der Waals surface area contributed by atoms with Crippen LogP contribution in [0.2, 0.25) is 5.02 Å². The second kappa shape index (κ2) is 5.78. The first-order valence-corrected chi connectivity index (χ1v) is 7.50. The second-order valence-corrected chi connectivity index (χ2v) is 6.06. The van der Waals surface area contributed by atoms with E-state index in [0.717, 1.165) is 25.2 Å². The summed E-state index contributed by atoms with van der Waals surface area (Å²) in [4.78, 5) is 5.08. The summed E-state index contributed by atoms with van der Waals surface area (Å²) < 4.78 is 13.1. The monoisotopic (exact) mass is 282 g/mol. The molecule has 0 unspecified atom stereocenters. The first-order chi connectivity index (χ1) is 9.22. The number of nitrogens with zero attached hydrogens (tertiary/aromatic N) is 2. The standard InChI is InChI=1S/C15H20ClFN2/c16-15-9-13(17)5-4-12(15)10-18-6-2-8-19-7-1-3-14(19)11-18/h4-5,9,14H,1-3,6-8,10-11H2/t14-/m0/s1. The third-order valence-corrected chi connectivity index (χ3v) is 4.65. The molecule has 19 heavy (non-hydrogen) atoms. The maximum absolute atomic E-state index is 13.1. The van der Waals surface area contributed by atoms with Crippen LogP contribution in [0.4, 0.5) is 4.39 Å². The van der Waals surface area contributed by atoms with Gasteiger partial charge in [0, 0.05) is 24.2 Å². The molecule has 2 aliphatic rings. The highest BCUT2D eigenvalue weighted by Crippen LogP contribution is 2.24. The van der Waals surface area contributed by atoms with Gasteiger partial charge >= 0.3 is 0 Å². The summed E-state index contributed by atoms with van der Waals surface area (Å²) in [7, 11) is 0. The van der Waals surface area contributed by atoms with Gasteiger partial charge in [0.15, 0.2) is 0 Å². The Hall–Kier alpha value is -0.640. The van der Waals surface area contributed by atoms with Crippen molar-refractivity contribution >= 4 is 11.6 Å². The molecule has 0 saturated carbocycles. The number of hydrogen-bond acceptors (Lipinski definition) is 2. The molecule has 0 aliphatic carbocycles. The zero-order chi connectivity index (χ0) is 13.2. The SMILES string of the molecule is Fc1ccc(CN2CCCN3CCC[C@H]3C2)c(Cl)c1. The number of rotatable bonds is 2. The van der Waals surface area contributed by atoms with Crippen molar-refractivity contribution in [2.75, 3.05) is 26.2 Å². The number of benzene rings is 1. The van der Waals surface area contributed by atoms with Gasteiger partial charge in [-0.15, -0.1) is 0 Å². The molecule has 2 nitrogen and oxygen atoms in total. The minimum Gasteiger partial charge on any atom is -0.299 e. The molecular formula is C15H20ClFN2. The normalized spacial score (nSPS) is 25.3. The van der Waals surface area contributed by atoms with E-state index in [9.17, 15) is 4.39 Å². The maximum Gasteiger partial charge on any atom is 0.124 e. The molecule has 1 atom stereocenters. The quantitative estimate of drug-likeness (QED) is 0.822. The van der Waals surface area contributed by atoms with E-state index in [0.29, 0.717) is 11.1 Å². The van der Waals surface area contributed by atoms with E-state index >= 15 is 0 Å². The molecule has 0 spiro atoms. The van der Waals surface area contributed by atoms with Crippen molar-refractivity contribution in [1.29, 1.82) is 0 Å². The molecular weight excluding hydrogens is 263 g/mol. The predicted octanol–water partition coefficient (Wildman–Crippen LogP) is 3.15. The Labute approximate surface area is 119 Å². The fourth-order valence-corrected chi connectivity index (χ4v) is 3.54. The van der Waals surface area contributed by atoms with Crippen LogP contribution in [0.15, 0.2) is 18.2 Å². The fraction of sp³-hybridized carbons (Fsp3) is 0.600. The fourth-order valence-electron chi connectivity index (χ4n) is 3.32. The molecule has 0 radical (unpaired) electrons. The molecule has 2 heterocycles. The lowest BCUT2D eigenvalue weighted by atomic mass is 10.1. The second-order valence-electron chi connectivity index (χ2n) is 5.66. The van der Waals surface area contributed by atoms with Gasteiger partial charge in [0.25, 0.3) is 0 Å². The molecule has 104 valence electrons. The van der Waals surface area contributed by atoms with E-state index < -0.39 is 0 Å². The van der Waals surface area contributed by atoms with E-state index in [1.165, 1.54) is 44.5 Å². The summed E-state index contributed by atoms with van der Waals surface area (Å²) in [5.74, 6) is -0.258. The highest BCUT2D eigenvalue weighted by molar-refractivity contribution is 6.31. The zero-order valence-corrected chi connectivity index (χ0v) is 11.9. The summed E-state index contributed by atoms with van der Waals surface area (Å²) in [6.07, 6.45) is 3.86. The predicted molar refractivity (Wildman–Crippen MR) is 75.9 cm³/mol. The Bertz CT molecular complexity index is 452. The number of fused-ring (bicyclic) bond motifs is 1. The van der Waals surface area contributed by atoms with E-state index in [2.05, 4.69) is 9.80 Å². The van der Waals surface area contributed by atoms with Crippen molar-refractivity contribution in [3.8, 4) is 0 Å². The minimum atomic E-state index is -0.258. The van der Waals surface area contributed by atoms with Crippen LogP contribution in [0.5, 0.6) is 0 Å². The summed E-state index contributed by atoms with van der Waals surface area (Å²) in [6, 6.07) is 5.44. The summed E-state index contributed by atoms with van der Waals surface area (Å²) in [6.45, 7) is 5.55. The van der Waals surface area contributed by atoms with Crippen molar-refractivity contribution < 1.29 is 4.39 Å². The van der Waals surface area contributed by atoms with Crippen LogP contribution < -0.4 is 0 Å². The molecule has 4 heteroatoms. The lowest BCUT2D eigenvalue weighted by molar-refractivity contribution is 0.215. The summed E-state index contributed by atoms with van der Waals surface area (Å²) in [5.41, 5.74) is 1.04. The van der Waals surface area contributed by atoms with Crippen LogP contribution in [0, 0.1) is 5.82 Å². The van der Waals surface area contributed by atoms with Gasteiger partial charge in [-0.05, 0) is 56.6 Å². The number of hydrogen-bond donors (Lipinski definition) is 0. The minimum absolute atomic E-state index is 0.258. The maximum atomic E-state index is 13.1. The van der Waals surface area contributed by atoms with Crippen LogP contribution >= 0.6 is 11.6 Å². The Morgan fingerprint density at radius 2 is 2.05 bits per heavy atom. The van der Waals surface area contributed by atoms with Crippen LogP contribution in [-0.2, 0) is 6.54 Å². The molecule has 2 fully saturated rings. The molecule has 0 N–H and O–H groups in total. The topological polar surface area (TPSA) is 6.48 Å². The van der Waals surface area contributed by atoms with E-state index in [1.807, 2.05) is 6.07 Å².